The lowest BCUT2D eigenvalue weighted by molar-refractivity contribution is -0.126. The summed E-state index contributed by atoms with van der Waals surface area (Å²) in [5.41, 5.74) is -0.216. The molecule has 4 rings (SSSR count). The van der Waals surface area contributed by atoms with Crippen LogP contribution in [0.5, 0.6) is 11.5 Å². The first kappa shape index (κ1) is 18.8. The maximum atomic E-state index is 13.2. The predicted octanol–water partition coefficient (Wildman–Crippen LogP) is 2.45. The van der Waals surface area contributed by atoms with Crippen molar-refractivity contribution in [1.82, 2.24) is 15.1 Å². The molecule has 1 aromatic carbocycles. The molecule has 1 saturated heterocycles. The van der Waals surface area contributed by atoms with Gasteiger partial charge in [0.25, 0.3) is 5.91 Å². The minimum absolute atomic E-state index is 0. The number of benzene rings is 1. The molecule has 2 N–H and O–H groups in total. The maximum Gasteiger partial charge on any atom is 0.252 e. The van der Waals surface area contributed by atoms with Crippen molar-refractivity contribution in [3.8, 4) is 11.5 Å². The number of carbonyl (C=O) groups is 1. The molecule has 0 saturated carbocycles. The van der Waals surface area contributed by atoms with Crippen LogP contribution >= 0.6 is 24.0 Å². The third kappa shape index (κ3) is 3.34. The van der Waals surface area contributed by atoms with E-state index >= 15 is 0 Å². The lowest BCUT2D eigenvalue weighted by Crippen LogP contribution is -2.52. The molecule has 7 nitrogen and oxygen atoms in total. The Morgan fingerprint density at radius 3 is 2.58 bits per heavy atom. The van der Waals surface area contributed by atoms with E-state index in [1.807, 2.05) is 12.3 Å². The molecule has 0 bridgehead atoms. The van der Waals surface area contributed by atoms with Crippen molar-refractivity contribution in [2.24, 2.45) is 0 Å². The van der Waals surface area contributed by atoms with Crippen LogP contribution in [0.1, 0.15) is 12.8 Å². The Bertz CT molecular complexity index is 777. The van der Waals surface area contributed by atoms with E-state index in [-0.39, 0.29) is 18.3 Å². The fourth-order valence-corrected chi connectivity index (χ4v) is 3.52. The fourth-order valence-electron chi connectivity index (χ4n) is 3.32. The van der Waals surface area contributed by atoms with Crippen molar-refractivity contribution in [3.63, 3.8) is 0 Å². The molecule has 0 spiro atoms. The number of fused-ring (bicyclic) bond motifs is 1. The second-order valence-corrected chi connectivity index (χ2v) is 6.57. The molecule has 0 unspecified atom stereocenters. The zero-order valence-corrected chi connectivity index (χ0v) is 15.6. The van der Waals surface area contributed by atoms with Gasteiger partial charge in [-0.15, -0.1) is 12.4 Å². The molecule has 1 amide bonds. The Labute approximate surface area is 162 Å². The second-order valence-electron chi connectivity index (χ2n) is 6.16. The van der Waals surface area contributed by atoms with E-state index in [1.54, 1.807) is 23.0 Å². The Balaban J connectivity index is 0.00000196. The minimum Gasteiger partial charge on any atom is -0.486 e. The third-order valence-electron chi connectivity index (χ3n) is 4.68. The normalized spacial score (nSPS) is 17.9. The number of ether oxygens (including phenoxy) is 2. The minimum atomic E-state index is -0.731. The summed E-state index contributed by atoms with van der Waals surface area (Å²) in [6.07, 6.45) is 4.83. The Kier molecular flexibility index (Phi) is 5.60. The average molecular weight is 399 g/mol. The van der Waals surface area contributed by atoms with Gasteiger partial charge in [0.05, 0.1) is 10.7 Å². The standard InChI is InChI=1S/C17H19ClN4O3.ClH/c18-12-10-14-15(25-9-8-24-14)11-13(12)21-16(23)17(2-5-19-6-3-17)22-7-1-4-20-22;/h1,4,7,10-11,19H,2-3,5-6,8-9H2,(H,21,23);1H. The van der Waals surface area contributed by atoms with Gasteiger partial charge in [0, 0.05) is 24.5 Å². The van der Waals surface area contributed by atoms with Crippen LogP contribution < -0.4 is 20.1 Å². The van der Waals surface area contributed by atoms with Gasteiger partial charge in [0.15, 0.2) is 11.5 Å². The third-order valence-corrected chi connectivity index (χ3v) is 4.99. The SMILES string of the molecule is Cl.O=C(Nc1cc2c(cc1Cl)OCCO2)C1(n2cccn2)CCNCC1. The first-order valence-electron chi connectivity index (χ1n) is 8.30. The van der Waals surface area contributed by atoms with E-state index in [1.165, 1.54) is 0 Å². The number of amides is 1. The maximum absolute atomic E-state index is 13.2. The lowest BCUT2D eigenvalue weighted by Gasteiger charge is -2.36. The molecular formula is C17H20Cl2N4O3. The van der Waals surface area contributed by atoms with Gasteiger partial charge >= 0.3 is 0 Å². The van der Waals surface area contributed by atoms with Crippen LogP contribution in [0, 0.1) is 0 Å². The van der Waals surface area contributed by atoms with Crippen molar-refractivity contribution >= 4 is 35.6 Å². The Morgan fingerprint density at radius 1 is 1.23 bits per heavy atom. The number of nitrogens with zero attached hydrogens (tertiary/aromatic N) is 2. The molecule has 1 aromatic heterocycles. The van der Waals surface area contributed by atoms with Crippen LogP contribution in [-0.2, 0) is 10.3 Å². The monoisotopic (exact) mass is 398 g/mol. The molecule has 3 heterocycles. The van der Waals surface area contributed by atoms with E-state index in [0.717, 1.165) is 13.1 Å². The van der Waals surface area contributed by atoms with Crippen molar-refractivity contribution in [1.29, 1.82) is 0 Å². The molecule has 1 fully saturated rings. The van der Waals surface area contributed by atoms with Crippen LogP contribution in [0.2, 0.25) is 5.02 Å². The highest BCUT2D eigenvalue weighted by Gasteiger charge is 2.42. The molecule has 26 heavy (non-hydrogen) atoms. The van der Waals surface area contributed by atoms with Gasteiger partial charge < -0.3 is 20.1 Å². The van der Waals surface area contributed by atoms with E-state index in [4.69, 9.17) is 21.1 Å². The summed E-state index contributed by atoms with van der Waals surface area (Å²) in [5.74, 6) is 1.05. The number of hydrogen-bond acceptors (Lipinski definition) is 5. The highest BCUT2D eigenvalue weighted by Crippen LogP contribution is 2.39. The van der Waals surface area contributed by atoms with E-state index in [9.17, 15) is 4.79 Å². The number of piperidine rings is 1. The first-order valence-corrected chi connectivity index (χ1v) is 8.68. The van der Waals surface area contributed by atoms with Gasteiger partial charge in [-0.1, -0.05) is 11.6 Å². The zero-order valence-electron chi connectivity index (χ0n) is 14.0. The molecule has 0 atom stereocenters. The second kappa shape index (κ2) is 7.73. The average Bonchev–Trinajstić information content (AvgIpc) is 3.18. The summed E-state index contributed by atoms with van der Waals surface area (Å²) in [5, 5.41) is 11.0. The highest BCUT2D eigenvalue weighted by molar-refractivity contribution is 6.34. The summed E-state index contributed by atoms with van der Waals surface area (Å²) < 4.78 is 12.8. The van der Waals surface area contributed by atoms with Crippen LogP contribution in [0.4, 0.5) is 5.69 Å². The first-order chi connectivity index (χ1) is 12.2. The molecule has 0 radical (unpaired) electrons. The number of rotatable bonds is 3. The summed E-state index contributed by atoms with van der Waals surface area (Å²) >= 11 is 6.33. The van der Waals surface area contributed by atoms with E-state index in [0.29, 0.717) is 48.3 Å². The number of anilines is 1. The number of carbonyl (C=O) groups excluding carboxylic acids is 1. The van der Waals surface area contributed by atoms with E-state index in [2.05, 4.69) is 15.7 Å². The summed E-state index contributed by atoms with van der Waals surface area (Å²) in [7, 11) is 0. The van der Waals surface area contributed by atoms with Crippen LogP contribution in [0.25, 0.3) is 0 Å². The van der Waals surface area contributed by atoms with E-state index < -0.39 is 5.54 Å². The summed E-state index contributed by atoms with van der Waals surface area (Å²) in [6, 6.07) is 5.22. The summed E-state index contributed by atoms with van der Waals surface area (Å²) in [6.45, 7) is 2.47. The predicted molar refractivity (Wildman–Crippen MR) is 101 cm³/mol. The van der Waals surface area contributed by atoms with Crippen LogP contribution in [0.15, 0.2) is 30.6 Å². The van der Waals surface area contributed by atoms with Gasteiger partial charge in [-0.3, -0.25) is 9.48 Å². The van der Waals surface area contributed by atoms with Crippen molar-refractivity contribution in [3.05, 3.63) is 35.6 Å². The van der Waals surface area contributed by atoms with Crippen LogP contribution in [0.3, 0.4) is 0 Å². The Morgan fingerprint density at radius 2 is 1.92 bits per heavy atom. The molecule has 2 aliphatic heterocycles. The smallest absolute Gasteiger partial charge is 0.252 e. The number of halogens is 2. The zero-order chi connectivity index (χ0) is 17.3. The van der Waals surface area contributed by atoms with Crippen molar-refractivity contribution in [2.45, 2.75) is 18.4 Å². The largest absolute Gasteiger partial charge is 0.486 e. The molecule has 2 aromatic rings. The lowest BCUT2D eigenvalue weighted by atomic mass is 9.87. The fraction of sp³-hybridized carbons (Fsp3) is 0.412. The van der Waals surface area contributed by atoms with Crippen molar-refractivity contribution < 1.29 is 14.3 Å². The number of aromatic nitrogens is 2. The number of hydrogen-bond donors (Lipinski definition) is 2. The van der Waals surface area contributed by atoms with Gasteiger partial charge in [0.1, 0.15) is 18.8 Å². The van der Waals surface area contributed by atoms with Gasteiger partial charge in [-0.05, 0) is 32.0 Å². The van der Waals surface area contributed by atoms with Gasteiger partial charge in [-0.2, -0.15) is 5.10 Å². The summed E-state index contributed by atoms with van der Waals surface area (Å²) in [4.78, 5) is 13.2. The molecule has 2 aliphatic rings. The Hall–Kier alpha value is -1.96. The van der Waals surface area contributed by atoms with Gasteiger partial charge in [-0.25, -0.2) is 0 Å². The number of nitrogens with one attached hydrogen (secondary N) is 2. The quantitative estimate of drug-likeness (QED) is 0.829. The van der Waals surface area contributed by atoms with Gasteiger partial charge in [0.2, 0.25) is 0 Å². The van der Waals surface area contributed by atoms with Crippen molar-refractivity contribution in [2.75, 3.05) is 31.6 Å². The van der Waals surface area contributed by atoms with Crippen LogP contribution in [-0.4, -0.2) is 42.0 Å². The molecular weight excluding hydrogens is 379 g/mol. The molecule has 140 valence electrons. The highest BCUT2D eigenvalue weighted by atomic mass is 35.5. The topological polar surface area (TPSA) is 77.4 Å². The molecule has 0 aliphatic carbocycles. The molecule has 9 heteroatoms.